The molecule has 0 saturated carbocycles. The lowest BCUT2D eigenvalue weighted by atomic mass is 10.3. The first-order chi connectivity index (χ1) is 13.6. The van der Waals surface area contributed by atoms with Crippen molar-refractivity contribution in [1.29, 1.82) is 0 Å². The number of benzene rings is 1. The molecule has 0 saturated heterocycles. The van der Waals surface area contributed by atoms with Crippen molar-refractivity contribution in [3.05, 3.63) is 72.1 Å². The summed E-state index contributed by atoms with van der Waals surface area (Å²) >= 11 is 0. The van der Waals surface area contributed by atoms with Crippen LogP contribution in [0.1, 0.15) is 18.3 Å². The molecule has 0 bridgehead atoms. The molecule has 3 rings (SSSR count). The van der Waals surface area contributed by atoms with E-state index in [4.69, 9.17) is 4.99 Å². The van der Waals surface area contributed by atoms with E-state index < -0.39 is 0 Å². The Morgan fingerprint density at radius 1 is 1.17 bits per heavy atom. The van der Waals surface area contributed by atoms with Crippen molar-refractivity contribution in [3.63, 3.8) is 0 Å². The maximum absolute atomic E-state index is 13.1. The Balaban J connectivity index is 0.00000300. The van der Waals surface area contributed by atoms with Gasteiger partial charge in [-0.25, -0.2) is 9.07 Å². The summed E-state index contributed by atoms with van der Waals surface area (Å²) in [7, 11) is 4.09. The molecular formula is C21H28FIN6. The molecule has 2 heterocycles. The lowest BCUT2D eigenvalue weighted by Gasteiger charge is -2.22. The predicted molar refractivity (Wildman–Crippen MR) is 125 cm³/mol. The van der Waals surface area contributed by atoms with Crippen molar-refractivity contribution in [3.8, 4) is 5.69 Å². The second-order valence-electron chi connectivity index (χ2n) is 6.68. The molecule has 0 radical (unpaired) electrons. The van der Waals surface area contributed by atoms with E-state index in [-0.39, 0.29) is 29.8 Å². The van der Waals surface area contributed by atoms with E-state index in [1.54, 1.807) is 16.8 Å². The van der Waals surface area contributed by atoms with Crippen molar-refractivity contribution in [2.24, 2.45) is 12.0 Å². The van der Waals surface area contributed by atoms with E-state index in [0.717, 1.165) is 36.9 Å². The highest BCUT2D eigenvalue weighted by molar-refractivity contribution is 14.0. The van der Waals surface area contributed by atoms with Crippen molar-refractivity contribution in [1.82, 2.24) is 24.6 Å². The molecular weight excluding hydrogens is 482 g/mol. The smallest absolute Gasteiger partial charge is 0.194 e. The van der Waals surface area contributed by atoms with Gasteiger partial charge in [0, 0.05) is 51.7 Å². The third kappa shape index (κ3) is 6.31. The van der Waals surface area contributed by atoms with Gasteiger partial charge in [-0.3, -0.25) is 4.99 Å². The average molecular weight is 510 g/mol. The summed E-state index contributed by atoms with van der Waals surface area (Å²) in [6, 6.07) is 12.4. The van der Waals surface area contributed by atoms with Crippen LogP contribution in [0.25, 0.3) is 5.69 Å². The summed E-state index contributed by atoms with van der Waals surface area (Å²) < 4.78 is 16.9. The number of aromatic nitrogens is 3. The molecule has 8 heteroatoms. The molecule has 0 aliphatic rings. The molecule has 0 fully saturated rings. The van der Waals surface area contributed by atoms with Gasteiger partial charge in [-0.2, -0.15) is 5.10 Å². The molecule has 1 aromatic carbocycles. The zero-order valence-corrected chi connectivity index (χ0v) is 19.4. The second kappa shape index (κ2) is 11.0. The van der Waals surface area contributed by atoms with Gasteiger partial charge in [0.05, 0.1) is 17.9 Å². The van der Waals surface area contributed by atoms with E-state index in [0.29, 0.717) is 6.54 Å². The van der Waals surface area contributed by atoms with Gasteiger partial charge in [0.2, 0.25) is 0 Å². The van der Waals surface area contributed by atoms with Crippen LogP contribution in [0.5, 0.6) is 0 Å². The molecule has 6 nitrogen and oxygen atoms in total. The van der Waals surface area contributed by atoms with Gasteiger partial charge in [0.25, 0.3) is 0 Å². The molecule has 3 aromatic rings. The van der Waals surface area contributed by atoms with Crippen LogP contribution in [0.15, 0.2) is 59.9 Å². The summed E-state index contributed by atoms with van der Waals surface area (Å²) in [4.78, 5) is 6.86. The first-order valence-electron chi connectivity index (χ1n) is 9.47. The fourth-order valence-electron chi connectivity index (χ4n) is 2.96. The Kier molecular flexibility index (Phi) is 8.69. The predicted octanol–water partition coefficient (Wildman–Crippen LogP) is 3.61. The van der Waals surface area contributed by atoms with Crippen LogP contribution in [0, 0.1) is 5.82 Å². The Hall–Kier alpha value is -2.36. The number of aliphatic imine (C=N–C) groups is 1. The highest BCUT2D eigenvalue weighted by Gasteiger charge is 2.08. The summed E-state index contributed by atoms with van der Waals surface area (Å²) in [5.41, 5.74) is 3.02. The van der Waals surface area contributed by atoms with Crippen LogP contribution in [-0.4, -0.2) is 45.3 Å². The number of rotatable bonds is 7. The summed E-state index contributed by atoms with van der Waals surface area (Å²) in [5, 5.41) is 7.90. The Labute approximate surface area is 188 Å². The number of hydrogen-bond donors (Lipinski definition) is 1. The minimum atomic E-state index is -0.249. The monoisotopic (exact) mass is 510 g/mol. The number of nitrogens with zero attached hydrogens (tertiary/aromatic N) is 5. The third-order valence-electron chi connectivity index (χ3n) is 4.51. The number of guanidine groups is 1. The zero-order valence-electron chi connectivity index (χ0n) is 17.0. The van der Waals surface area contributed by atoms with Crippen LogP contribution < -0.4 is 5.32 Å². The fraction of sp³-hybridized carbons (Fsp3) is 0.333. The molecule has 0 unspecified atom stereocenters. The van der Waals surface area contributed by atoms with Crippen LogP contribution in [0.2, 0.25) is 0 Å². The van der Waals surface area contributed by atoms with Crippen molar-refractivity contribution < 1.29 is 4.39 Å². The van der Waals surface area contributed by atoms with E-state index >= 15 is 0 Å². The van der Waals surface area contributed by atoms with E-state index in [1.165, 1.54) is 17.8 Å². The maximum Gasteiger partial charge on any atom is 0.194 e. The second-order valence-corrected chi connectivity index (χ2v) is 6.68. The largest absolute Gasteiger partial charge is 0.357 e. The van der Waals surface area contributed by atoms with Gasteiger partial charge >= 0.3 is 0 Å². The molecule has 2 aromatic heterocycles. The summed E-state index contributed by atoms with van der Waals surface area (Å²) in [5.74, 6) is 0.627. The van der Waals surface area contributed by atoms with Gasteiger partial charge in [0.1, 0.15) is 5.82 Å². The van der Waals surface area contributed by atoms with E-state index in [9.17, 15) is 4.39 Å². The molecule has 0 amide bonds. The van der Waals surface area contributed by atoms with Gasteiger partial charge in [-0.05, 0) is 49.4 Å². The summed E-state index contributed by atoms with van der Waals surface area (Å²) in [6.45, 7) is 4.31. The molecule has 0 atom stereocenters. The molecule has 156 valence electrons. The maximum atomic E-state index is 13.1. The van der Waals surface area contributed by atoms with Crippen molar-refractivity contribution in [2.75, 3.05) is 20.1 Å². The van der Waals surface area contributed by atoms with Crippen molar-refractivity contribution in [2.45, 2.75) is 19.9 Å². The normalized spacial score (nSPS) is 11.2. The zero-order chi connectivity index (χ0) is 19.9. The SMILES string of the molecule is CCNC(=NCCc1ccn(-c2ccc(F)cc2)n1)N(C)Cc1cccn1C.I. The van der Waals surface area contributed by atoms with E-state index in [1.807, 2.05) is 38.6 Å². The molecule has 29 heavy (non-hydrogen) atoms. The van der Waals surface area contributed by atoms with Gasteiger partial charge in [0.15, 0.2) is 5.96 Å². The Bertz CT molecular complexity index is 915. The van der Waals surface area contributed by atoms with Gasteiger partial charge < -0.3 is 14.8 Å². The van der Waals surface area contributed by atoms with Gasteiger partial charge in [-0.1, -0.05) is 0 Å². The minimum Gasteiger partial charge on any atom is -0.357 e. The van der Waals surface area contributed by atoms with Crippen LogP contribution >= 0.6 is 24.0 Å². The molecule has 0 aliphatic carbocycles. The fourth-order valence-corrected chi connectivity index (χ4v) is 2.96. The lowest BCUT2D eigenvalue weighted by molar-refractivity contribution is 0.462. The highest BCUT2D eigenvalue weighted by atomic mass is 127. The lowest BCUT2D eigenvalue weighted by Crippen LogP contribution is -2.39. The minimum absolute atomic E-state index is 0. The Morgan fingerprint density at radius 3 is 2.59 bits per heavy atom. The highest BCUT2D eigenvalue weighted by Crippen LogP contribution is 2.09. The van der Waals surface area contributed by atoms with Crippen molar-refractivity contribution >= 4 is 29.9 Å². The number of halogens is 2. The number of hydrogen-bond acceptors (Lipinski definition) is 2. The van der Waals surface area contributed by atoms with Gasteiger partial charge in [-0.15, -0.1) is 24.0 Å². The Morgan fingerprint density at radius 2 is 1.93 bits per heavy atom. The topological polar surface area (TPSA) is 50.4 Å². The molecule has 0 aliphatic heterocycles. The van der Waals surface area contributed by atoms with Crippen LogP contribution in [0.4, 0.5) is 4.39 Å². The quantitative estimate of drug-likeness (QED) is 0.300. The van der Waals surface area contributed by atoms with E-state index in [2.05, 4.69) is 32.9 Å². The molecule has 0 spiro atoms. The van der Waals surface area contributed by atoms with Crippen LogP contribution in [-0.2, 0) is 20.0 Å². The first-order valence-corrected chi connectivity index (χ1v) is 9.47. The average Bonchev–Trinajstić information content (AvgIpc) is 3.31. The third-order valence-corrected chi connectivity index (χ3v) is 4.51. The van der Waals surface area contributed by atoms with Crippen LogP contribution in [0.3, 0.4) is 0 Å². The molecule has 1 N–H and O–H groups in total. The number of aryl methyl sites for hydroxylation is 1. The number of nitrogens with one attached hydrogen (secondary N) is 1. The first kappa shape index (κ1) is 22.9. The standard InChI is InChI=1S/C21H27FN6.HI/c1-4-23-21(27(3)16-20-6-5-14-26(20)2)24-13-11-18-12-15-28(25-18)19-9-7-17(22)8-10-19;/h5-10,12,14-15H,4,11,13,16H2,1-3H3,(H,23,24);1H. The summed E-state index contributed by atoms with van der Waals surface area (Å²) in [6.07, 6.45) is 4.67.